The van der Waals surface area contributed by atoms with Crippen LogP contribution in [0.3, 0.4) is 0 Å². The zero-order valence-corrected chi connectivity index (χ0v) is 15.7. The van der Waals surface area contributed by atoms with Crippen LogP contribution in [0.5, 0.6) is 0 Å². The van der Waals surface area contributed by atoms with Crippen LogP contribution in [0.4, 0.5) is 0 Å². The van der Waals surface area contributed by atoms with E-state index in [0.29, 0.717) is 6.54 Å². The van der Waals surface area contributed by atoms with E-state index < -0.39 is 0 Å². The van der Waals surface area contributed by atoms with Gasteiger partial charge in [0.15, 0.2) is 0 Å². The van der Waals surface area contributed by atoms with Gasteiger partial charge in [-0.2, -0.15) is 5.10 Å². The summed E-state index contributed by atoms with van der Waals surface area (Å²) in [6.07, 6.45) is 4.03. The van der Waals surface area contributed by atoms with E-state index in [1.807, 2.05) is 30.4 Å². The maximum atomic E-state index is 13.0. The molecule has 0 spiro atoms. The van der Waals surface area contributed by atoms with Crippen molar-refractivity contribution < 1.29 is 4.79 Å². The van der Waals surface area contributed by atoms with E-state index in [1.165, 1.54) is 0 Å². The highest BCUT2D eigenvalue weighted by Gasteiger charge is 2.29. The average Bonchev–Trinajstić information content (AvgIpc) is 3.09. The number of aryl methyl sites for hydroxylation is 4. The van der Waals surface area contributed by atoms with Gasteiger partial charge in [0, 0.05) is 13.1 Å². The Balaban J connectivity index is 1.77. The molecule has 130 valence electrons. The Morgan fingerprint density at radius 1 is 1.29 bits per heavy atom. The quantitative estimate of drug-likeness (QED) is 0.852. The van der Waals surface area contributed by atoms with Crippen LogP contribution >= 0.6 is 11.3 Å². The lowest BCUT2D eigenvalue weighted by Crippen LogP contribution is -2.41. The smallest absolute Gasteiger partial charge is 0.265 e. The summed E-state index contributed by atoms with van der Waals surface area (Å²) in [7, 11) is 0. The van der Waals surface area contributed by atoms with Crippen molar-refractivity contribution in [3.05, 3.63) is 27.2 Å². The van der Waals surface area contributed by atoms with Crippen LogP contribution in [0.25, 0.3) is 0 Å². The zero-order chi connectivity index (χ0) is 17.3. The average molecular weight is 347 g/mol. The molecule has 1 saturated heterocycles. The Kier molecular flexibility index (Phi) is 4.99. The fourth-order valence-corrected chi connectivity index (χ4v) is 4.47. The van der Waals surface area contributed by atoms with Crippen molar-refractivity contribution >= 4 is 17.2 Å². The molecule has 0 bridgehead atoms. The molecule has 3 rings (SSSR count). The Labute approximate surface area is 146 Å². The maximum absolute atomic E-state index is 13.0. The Morgan fingerprint density at radius 3 is 2.75 bits per heavy atom. The van der Waals surface area contributed by atoms with Gasteiger partial charge in [-0.1, -0.05) is 6.92 Å². The molecule has 1 fully saturated rings. The molecule has 3 heterocycles. The van der Waals surface area contributed by atoms with Crippen LogP contribution in [0, 0.1) is 20.8 Å². The molecule has 24 heavy (non-hydrogen) atoms. The van der Waals surface area contributed by atoms with Crippen LogP contribution in [0.2, 0.25) is 0 Å². The van der Waals surface area contributed by atoms with Gasteiger partial charge in [-0.05, 0) is 46.5 Å². The van der Waals surface area contributed by atoms with Crippen molar-refractivity contribution in [3.63, 3.8) is 0 Å². The number of hydrogen-bond acceptors (Lipinski definition) is 5. The molecule has 0 aromatic carbocycles. The predicted molar refractivity (Wildman–Crippen MR) is 94.5 cm³/mol. The van der Waals surface area contributed by atoms with Crippen molar-refractivity contribution in [2.45, 2.75) is 59.4 Å². The number of thiazole rings is 1. The van der Waals surface area contributed by atoms with Gasteiger partial charge in [0.2, 0.25) is 0 Å². The van der Waals surface area contributed by atoms with E-state index in [9.17, 15) is 4.79 Å². The first-order valence-corrected chi connectivity index (χ1v) is 9.46. The van der Waals surface area contributed by atoms with E-state index in [-0.39, 0.29) is 11.9 Å². The van der Waals surface area contributed by atoms with Gasteiger partial charge in [0.25, 0.3) is 5.91 Å². The van der Waals surface area contributed by atoms with Crippen molar-refractivity contribution in [2.75, 3.05) is 13.1 Å². The van der Waals surface area contributed by atoms with Crippen LogP contribution in [0.15, 0.2) is 0 Å². The minimum atomic E-state index is 0.117. The second kappa shape index (κ2) is 7.01. The second-order valence-electron chi connectivity index (χ2n) is 6.47. The van der Waals surface area contributed by atoms with Gasteiger partial charge in [-0.25, -0.2) is 14.6 Å². The van der Waals surface area contributed by atoms with Crippen LogP contribution in [0.1, 0.15) is 64.3 Å². The molecule has 0 saturated carbocycles. The highest BCUT2D eigenvalue weighted by Crippen LogP contribution is 2.26. The number of amides is 1. The molecule has 1 aliphatic rings. The third-order valence-corrected chi connectivity index (χ3v) is 5.64. The van der Waals surface area contributed by atoms with Gasteiger partial charge in [-0.15, -0.1) is 11.3 Å². The molecule has 2 aromatic heterocycles. The summed E-state index contributed by atoms with van der Waals surface area (Å²) < 4.78 is 1.98. The van der Waals surface area contributed by atoms with Crippen molar-refractivity contribution in [1.29, 1.82) is 0 Å². The standard InChI is InChI=1S/C17H25N5OS/c1-5-7-15-18-11(2)16(24-15)17(23)21-9-6-8-14(10-21)22-13(4)19-12(3)20-22/h14H,5-10H2,1-4H3/t14-/m0/s1. The van der Waals surface area contributed by atoms with Gasteiger partial charge < -0.3 is 4.90 Å². The first-order chi connectivity index (χ1) is 11.5. The van der Waals surface area contributed by atoms with Gasteiger partial charge in [0.05, 0.1) is 16.7 Å². The molecule has 6 nitrogen and oxygen atoms in total. The van der Waals surface area contributed by atoms with E-state index in [4.69, 9.17) is 0 Å². The Morgan fingerprint density at radius 2 is 2.08 bits per heavy atom. The lowest BCUT2D eigenvalue weighted by molar-refractivity contribution is 0.0675. The number of nitrogens with zero attached hydrogens (tertiary/aromatic N) is 5. The minimum Gasteiger partial charge on any atom is -0.336 e. The van der Waals surface area contributed by atoms with Crippen molar-refractivity contribution in [3.8, 4) is 0 Å². The number of aromatic nitrogens is 4. The first-order valence-electron chi connectivity index (χ1n) is 8.65. The molecule has 0 unspecified atom stereocenters. The highest BCUT2D eigenvalue weighted by atomic mass is 32.1. The topological polar surface area (TPSA) is 63.9 Å². The van der Waals surface area contributed by atoms with Crippen LogP contribution < -0.4 is 0 Å². The molecular formula is C17H25N5OS. The third kappa shape index (κ3) is 3.36. The number of piperidine rings is 1. The van der Waals surface area contributed by atoms with Gasteiger partial charge in [0.1, 0.15) is 16.5 Å². The lowest BCUT2D eigenvalue weighted by Gasteiger charge is -2.33. The van der Waals surface area contributed by atoms with Gasteiger partial charge >= 0.3 is 0 Å². The van der Waals surface area contributed by atoms with Gasteiger partial charge in [-0.3, -0.25) is 4.79 Å². The van der Waals surface area contributed by atoms with Crippen LogP contribution in [-0.4, -0.2) is 43.6 Å². The number of carbonyl (C=O) groups is 1. The summed E-state index contributed by atoms with van der Waals surface area (Å²) in [4.78, 5) is 24.7. The van der Waals surface area contributed by atoms with E-state index in [0.717, 1.165) is 59.5 Å². The molecule has 0 radical (unpaired) electrons. The highest BCUT2D eigenvalue weighted by molar-refractivity contribution is 7.13. The molecule has 1 atom stereocenters. The second-order valence-corrected chi connectivity index (χ2v) is 7.55. The molecule has 1 aliphatic heterocycles. The summed E-state index contributed by atoms with van der Waals surface area (Å²) in [5.74, 6) is 1.83. The Hall–Kier alpha value is -1.76. The molecule has 0 aliphatic carbocycles. The lowest BCUT2D eigenvalue weighted by atomic mass is 10.1. The summed E-state index contributed by atoms with van der Waals surface area (Å²) in [5.41, 5.74) is 0.864. The zero-order valence-electron chi connectivity index (χ0n) is 14.9. The normalized spacial score (nSPS) is 18.2. The monoisotopic (exact) mass is 347 g/mol. The third-order valence-electron chi connectivity index (χ3n) is 4.44. The predicted octanol–water partition coefficient (Wildman–Crippen LogP) is 3.09. The number of hydrogen-bond donors (Lipinski definition) is 0. The minimum absolute atomic E-state index is 0.117. The summed E-state index contributed by atoms with van der Waals surface area (Å²) in [6.45, 7) is 9.47. The number of carbonyl (C=O) groups excluding carboxylic acids is 1. The fourth-order valence-electron chi connectivity index (χ4n) is 3.34. The largest absolute Gasteiger partial charge is 0.336 e. The molecule has 0 N–H and O–H groups in total. The van der Waals surface area contributed by atoms with E-state index in [2.05, 4.69) is 22.0 Å². The van der Waals surface area contributed by atoms with Crippen LogP contribution in [-0.2, 0) is 6.42 Å². The van der Waals surface area contributed by atoms with E-state index >= 15 is 0 Å². The van der Waals surface area contributed by atoms with Crippen molar-refractivity contribution in [1.82, 2.24) is 24.6 Å². The molecule has 7 heteroatoms. The summed E-state index contributed by atoms with van der Waals surface area (Å²) in [5, 5.41) is 5.57. The SMILES string of the molecule is CCCc1nc(C)c(C(=O)N2CCC[C@H](n3nc(C)nc3C)C2)s1. The summed E-state index contributed by atoms with van der Waals surface area (Å²) in [6, 6.07) is 0.215. The van der Waals surface area contributed by atoms with Crippen molar-refractivity contribution in [2.24, 2.45) is 0 Å². The number of rotatable bonds is 4. The fraction of sp³-hybridized carbons (Fsp3) is 0.647. The maximum Gasteiger partial charge on any atom is 0.265 e. The Bertz CT molecular complexity index is 735. The summed E-state index contributed by atoms with van der Waals surface area (Å²) >= 11 is 1.55. The molecule has 2 aromatic rings. The molecular weight excluding hydrogens is 322 g/mol. The molecule has 1 amide bonds. The van der Waals surface area contributed by atoms with E-state index in [1.54, 1.807) is 11.3 Å². The number of likely N-dealkylation sites (tertiary alicyclic amines) is 1. The first kappa shape index (κ1) is 17.1.